The maximum atomic E-state index is 12.6. The molecule has 3 rings (SSSR count). The number of fused-ring (bicyclic) bond motifs is 1. The van der Waals surface area contributed by atoms with E-state index in [1.807, 2.05) is 0 Å². The van der Waals surface area contributed by atoms with E-state index in [1.54, 1.807) is 0 Å². The summed E-state index contributed by atoms with van der Waals surface area (Å²) in [5.41, 5.74) is 5.92. The number of halogens is 3. The van der Waals surface area contributed by atoms with Crippen LogP contribution in [0, 0.1) is 0 Å². The number of rotatable bonds is 1. The quantitative estimate of drug-likeness (QED) is 0.863. The molecule has 2 unspecified atom stereocenters. The molecule has 2 atom stereocenters. The fourth-order valence-electron chi connectivity index (χ4n) is 2.25. The second-order valence-electron chi connectivity index (χ2n) is 4.36. The third-order valence-electron chi connectivity index (χ3n) is 3.15. The van der Waals surface area contributed by atoms with Crippen molar-refractivity contribution in [2.45, 2.75) is 37.4 Å². The monoisotopic (exact) mass is 277 g/mol. The van der Waals surface area contributed by atoms with Gasteiger partial charge < -0.3 is 5.73 Å². The van der Waals surface area contributed by atoms with Crippen LogP contribution in [0.1, 0.15) is 36.0 Å². The van der Waals surface area contributed by atoms with Crippen LogP contribution in [-0.2, 0) is 6.18 Å². The summed E-state index contributed by atoms with van der Waals surface area (Å²) in [5.74, 6) is -1.04. The minimum Gasteiger partial charge on any atom is -0.327 e. The molecule has 1 saturated carbocycles. The van der Waals surface area contributed by atoms with Crippen LogP contribution >= 0.6 is 11.3 Å². The molecule has 18 heavy (non-hydrogen) atoms. The van der Waals surface area contributed by atoms with Crippen LogP contribution in [0.4, 0.5) is 13.2 Å². The Labute approximate surface area is 104 Å². The molecule has 2 N–H and O–H groups in total. The zero-order valence-electron chi connectivity index (χ0n) is 9.18. The molecule has 0 aromatic carbocycles. The Bertz CT molecular complexity index is 574. The summed E-state index contributed by atoms with van der Waals surface area (Å²) in [6, 6.07) is -0.0249. The van der Waals surface area contributed by atoms with E-state index >= 15 is 0 Å². The molecule has 9 heteroatoms. The first-order valence-corrected chi connectivity index (χ1v) is 6.33. The SMILES string of the molecule is NC1CCCC1c1nn2c(C(F)(F)F)nnc2s1. The summed E-state index contributed by atoms with van der Waals surface area (Å²) in [7, 11) is 0. The van der Waals surface area contributed by atoms with Crippen LogP contribution in [0.2, 0.25) is 0 Å². The van der Waals surface area contributed by atoms with E-state index in [-0.39, 0.29) is 16.9 Å². The minimum atomic E-state index is -4.54. The van der Waals surface area contributed by atoms with Crippen molar-refractivity contribution >= 4 is 16.3 Å². The molecule has 98 valence electrons. The van der Waals surface area contributed by atoms with Crippen molar-refractivity contribution in [3.63, 3.8) is 0 Å². The second kappa shape index (κ2) is 3.89. The third-order valence-corrected chi connectivity index (χ3v) is 4.18. The Morgan fingerprint density at radius 2 is 2.06 bits per heavy atom. The van der Waals surface area contributed by atoms with Gasteiger partial charge in [-0.3, -0.25) is 0 Å². The maximum absolute atomic E-state index is 12.6. The highest BCUT2D eigenvalue weighted by atomic mass is 32.1. The lowest BCUT2D eigenvalue weighted by atomic mass is 10.1. The largest absolute Gasteiger partial charge is 0.453 e. The highest BCUT2D eigenvalue weighted by Crippen LogP contribution is 2.36. The average Bonchev–Trinajstić information content (AvgIpc) is 2.87. The van der Waals surface area contributed by atoms with Crippen molar-refractivity contribution in [3.05, 3.63) is 10.8 Å². The zero-order valence-corrected chi connectivity index (χ0v) is 10.0. The van der Waals surface area contributed by atoms with Gasteiger partial charge in [0.1, 0.15) is 5.01 Å². The predicted molar refractivity (Wildman–Crippen MR) is 58.2 cm³/mol. The Balaban J connectivity index is 2.04. The van der Waals surface area contributed by atoms with E-state index in [4.69, 9.17) is 5.73 Å². The van der Waals surface area contributed by atoms with Gasteiger partial charge in [-0.1, -0.05) is 17.8 Å². The molecule has 1 aliphatic rings. The summed E-state index contributed by atoms with van der Waals surface area (Å²) in [6.45, 7) is 0. The van der Waals surface area contributed by atoms with Crippen molar-refractivity contribution < 1.29 is 13.2 Å². The molecule has 0 aliphatic heterocycles. The number of hydrogen-bond donors (Lipinski definition) is 1. The van der Waals surface area contributed by atoms with E-state index in [0.717, 1.165) is 35.1 Å². The summed E-state index contributed by atoms with van der Waals surface area (Å²) in [5, 5.41) is 11.2. The van der Waals surface area contributed by atoms with E-state index in [2.05, 4.69) is 15.3 Å². The molecular formula is C9H10F3N5S. The van der Waals surface area contributed by atoms with Crippen LogP contribution in [0.3, 0.4) is 0 Å². The lowest BCUT2D eigenvalue weighted by molar-refractivity contribution is -0.146. The van der Waals surface area contributed by atoms with Crippen LogP contribution in [0.15, 0.2) is 0 Å². The predicted octanol–water partition coefficient (Wildman–Crippen LogP) is 1.80. The Morgan fingerprint density at radius 1 is 1.28 bits per heavy atom. The van der Waals surface area contributed by atoms with Crippen molar-refractivity contribution in [2.24, 2.45) is 5.73 Å². The Hall–Kier alpha value is -1.22. The molecule has 0 spiro atoms. The minimum absolute atomic E-state index is 0.0249. The van der Waals surface area contributed by atoms with Crippen LogP contribution in [0.5, 0.6) is 0 Å². The van der Waals surface area contributed by atoms with Gasteiger partial charge in [0.25, 0.3) is 5.82 Å². The summed E-state index contributed by atoms with van der Waals surface area (Å²) in [6.07, 6.45) is -1.80. The molecule has 2 aromatic rings. The maximum Gasteiger partial charge on any atom is 0.453 e. The number of alkyl halides is 3. The van der Waals surface area contributed by atoms with Gasteiger partial charge in [-0.2, -0.15) is 22.8 Å². The average molecular weight is 277 g/mol. The van der Waals surface area contributed by atoms with Crippen molar-refractivity contribution in [2.75, 3.05) is 0 Å². The first-order valence-electron chi connectivity index (χ1n) is 5.52. The number of nitrogens with zero attached hydrogens (tertiary/aromatic N) is 4. The summed E-state index contributed by atoms with van der Waals surface area (Å²) < 4.78 is 38.7. The molecule has 1 fully saturated rings. The molecule has 0 saturated heterocycles. The highest BCUT2D eigenvalue weighted by molar-refractivity contribution is 7.16. The number of hydrogen-bond acceptors (Lipinski definition) is 5. The highest BCUT2D eigenvalue weighted by Gasteiger charge is 2.39. The van der Waals surface area contributed by atoms with Gasteiger partial charge in [0, 0.05) is 12.0 Å². The fraction of sp³-hybridized carbons (Fsp3) is 0.667. The molecule has 0 amide bonds. The molecule has 0 radical (unpaired) electrons. The van der Waals surface area contributed by atoms with E-state index < -0.39 is 12.0 Å². The van der Waals surface area contributed by atoms with Crippen LogP contribution in [-0.4, -0.2) is 25.9 Å². The normalized spacial score (nSPS) is 25.1. The van der Waals surface area contributed by atoms with E-state index in [9.17, 15) is 13.2 Å². The molecular weight excluding hydrogens is 267 g/mol. The topological polar surface area (TPSA) is 69.1 Å². The van der Waals surface area contributed by atoms with E-state index in [0.29, 0.717) is 5.01 Å². The Morgan fingerprint density at radius 3 is 2.67 bits per heavy atom. The molecule has 2 aromatic heterocycles. The van der Waals surface area contributed by atoms with E-state index in [1.165, 1.54) is 0 Å². The van der Waals surface area contributed by atoms with Crippen LogP contribution in [0.25, 0.3) is 4.96 Å². The number of aromatic nitrogens is 4. The van der Waals surface area contributed by atoms with Crippen LogP contribution < -0.4 is 5.73 Å². The standard InChI is InChI=1S/C9H10F3N5S/c10-9(11,12)7-14-15-8-17(7)16-6(18-8)4-2-1-3-5(4)13/h4-5H,1-3,13H2. The number of nitrogens with two attached hydrogens (primary N) is 1. The zero-order chi connectivity index (χ0) is 12.9. The smallest absolute Gasteiger partial charge is 0.327 e. The van der Waals surface area contributed by atoms with Gasteiger partial charge in [-0.15, -0.1) is 10.2 Å². The first kappa shape index (κ1) is 11.8. The van der Waals surface area contributed by atoms with Gasteiger partial charge in [-0.05, 0) is 12.8 Å². The van der Waals surface area contributed by atoms with Gasteiger partial charge in [0.05, 0.1) is 0 Å². The lowest BCUT2D eigenvalue weighted by Crippen LogP contribution is -2.23. The van der Waals surface area contributed by atoms with Crippen molar-refractivity contribution in [1.82, 2.24) is 19.8 Å². The molecule has 2 heterocycles. The fourth-order valence-corrected chi connectivity index (χ4v) is 3.30. The van der Waals surface area contributed by atoms with Crippen molar-refractivity contribution in [1.29, 1.82) is 0 Å². The third kappa shape index (κ3) is 1.77. The molecule has 1 aliphatic carbocycles. The van der Waals surface area contributed by atoms with Crippen molar-refractivity contribution in [3.8, 4) is 0 Å². The lowest BCUT2D eigenvalue weighted by Gasteiger charge is -2.10. The molecule has 5 nitrogen and oxygen atoms in total. The van der Waals surface area contributed by atoms with Gasteiger partial charge >= 0.3 is 6.18 Å². The van der Waals surface area contributed by atoms with Gasteiger partial charge in [0.15, 0.2) is 0 Å². The Kier molecular flexibility index (Phi) is 2.56. The van der Waals surface area contributed by atoms with Gasteiger partial charge in [0.2, 0.25) is 4.96 Å². The first-order chi connectivity index (χ1) is 8.47. The molecule has 0 bridgehead atoms. The second-order valence-corrected chi connectivity index (χ2v) is 5.34. The summed E-state index contributed by atoms with van der Waals surface area (Å²) in [4.78, 5) is 0.163. The van der Waals surface area contributed by atoms with Gasteiger partial charge in [-0.25, -0.2) is 0 Å². The summed E-state index contributed by atoms with van der Waals surface area (Å²) >= 11 is 1.13.